The molecule has 1 heterocycles. The molecule has 68 heavy (non-hydrogen) atoms. The average molecular weight is 907 g/mol. The van der Waals surface area contributed by atoms with Crippen LogP contribution in [0.2, 0.25) is 0 Å². The normalized spacial score (nSPS) is 13.5. The van der Waals surface area contributed by atoms with E-state index in [9.17, 15) is 0 Å². The summed E-state index contributed by atoms with van der Waals surface area (Å²) >= 11 is 1.91. The molecule has 12 rings (SSSR count). The summed E-state index contributed by atoms with van der Waals surface area (Å²) in [4.78, 5) is 6.37. The van der Waals surface area contributed by atoms with Crippen molar-refractivity contribution in [2.75, 3.05) is 9.80 Å². The fourth-order valence-corrected chi connectivity index (χ4v) is 17.2. The summed E-state index contributed by atoms with van der Waals surface area (Å²) in [5.41, 5.74) is 13.4. The molecule has 0 bridgehead atoms. The molecule has 0 spiro atoms. The van der Waals surface area contributed by atoms with Gasteiger partial charge in [0.1, 0.15) is 0 Å². The second-order valence-corrected chi connectivity index (χ2v) is 23.3. The molecular weight excluding hydrogens is 857 g/mol. The number of nitrogens with zero attached hydrogens (tertiary/aromatic N) is 2. The standard InChI is InChI=1S/C64H50N2SSi/c1-64(2)58-36-17-15-34-54(58)56-44-50(41-42-59(56)64)66(47-25-9-4-10-26-47)60-37-18-20-40-63(60)68(51-29-11-5-12-30-51,52-31-13-6-14-32-52)53-33-21-27-48(43-53)65(46-23-7-3-8-24-46)49-28-22-39-62-57(45-49)55-35-16-19-38-61(55)67-62/h3-38,40-45H,39H2,1-2H3. The van der Waals surface area contributed by atoms with Crippen molar-refractivity contribution in [2.24, 2.45) is 0 Å². The minimum atomic E-state index is -3.20. The van der Waals surface area contributed by atoms with Crippen molar-refractivity contribution in [3.05, 3.63) is 276 Å². The third-order valence-electron chi connectivity index (χ3n) is 14.2. The van der Waals surface area contributed by atoms with Crippen LogP contribution in [0.1, 0.15) is 35.4 Å². The number of para-hydroxylation sites is 3. The first-order valence-corrected chi connectivity index (χ1v) is 26.5. The van der Waals surface area contributed by atoms with Gasteiger partial charge in [-0.25, -0.2) is 0 Å². The van der Waals surface area contributed by atoms with Crippen LogP contribution in [0.3, 0.4) is 0 Å². The van der Waals surface area contributed by atoms with Gasteiger partial charge in [0.15, 0.2) is 8.07 Å². The maximum Gasteiger partial charge on any atom is 0.181 e. The van der Waals surface area contributed by atoms with E-state index in [2.05, 4.69) is 278 Å². The zero-order chi connectivity index (χ0) is 45.7. The zero-order valence-electron chi connectivity index (χ0n) is 38.3. The molecule has 0 unspecified atom stereocenters. The molecule has 0 saturated heterocycles. The Labute approximate surface area is 405 Å². The smallest absolute Gasteiger partial charge is 0.181 e. The first-order valence-electron chi connectivity index (χ1n) is 23.6. The Morgan fingerprint density at radius 3 is 1.75 bits per heavy atom. The largest absolute Gasteiger partial charge is 0.311 e. The van der Waals surface area contributed by atoms with Crippen LogP contribution in [0.25, 0.3) is 27.3 Å². The molecule has 9 aromatic carbocycles. The fraction of sp³-hybridized carbons (Fsp3) is 0.0625. The van der Waals surface area contributed by atoms with E-state index in [0.29, 0.717) is 0 Å². The van der Waals surface area contributed by atoms with Gasteiger partial charge in [-0.1, -0.05) is 196 Å². The van der Waals surface area contributed by atoms with Crippen LogP contribution in [-0.2, 0) is 11.8 Å². The second-order valence-electron chi connectivity index (χ2n) is 18.4. The molecule has 2 aliphatic carbocycles. The Bertz CT molecular complexity index is 3480. The van der Waals surface area contributed by atoms with E-state index in [1.54, 1.807) is 0 Å². The molecule has 0 aliphatic heterocycles. The molecule has 0 radical (unpaired) electrons. The van der Waals surface area contributed by atoms with Gasteiger partial charge in [0.25, 0.3) is 0 Å². The van der Waals surface area contributed by atoms with E-state index < -0.39 is 8.07 Å². The molecular formula is C64H50N2SSi. The maximum absolute atomic E-state index is 3.20. The molecule has 326 valence electrons. The van der Waals surface area contributed by atoms with Crippen LogP contribution in [0.5, 0.6) is 0 Å². The van der Waals surface area contributed by atoms with Gasteiger partial charge in [0, 0.05) is 60.9 Å². The molecule has 2 aliphatic rings. The minimum Gasteiger partial charge on any atom is -0.311 e. The fourth-order valence-electron chi connectivity index (χ4n) is 11.1. The van der Waals surface area contributed by atoms with E-state index in [-0.39, 0.29) is 5.41 Å². The number of rotatable bonds is 10. The van der Waals surface area contributed by atoms with Gasteiger partial charge in [-0.15, -0.1) is 11.3 Å². The third kappa shape index (κ3) is 6.90. The quantitative estimate of drug-likeness (QED) is 0.0996. The molecule has 0 fully saturated rings. The summed E-state index contributed by atoms with van der Waals surface area (Å²) in [5.74, 6) is 0. The molecule has 0 amide bonds. The molecule has 0 N–H and O–H groups in total. The van der Waals surface area contributed by atoms with Gasteiger partial charge in [0.2, 0.25) is 0 Å². The first kappa shape index (κ1) is 41.7. The number of hydrogen-bond acceptors (Lipinski definition) is 3. The predicted octanol–water partition coefficient (Wildman–Crippen LogP) is 14.3. The van der Waals surface area contributed by atoms with Crippen molar-refractivity contribution in [1.29, 1.82) is 0 Å². The van der Waals surface area contributed by atoms with Crippen LogP contribution in [-0.4, -0.2) is 8.07 Å². The summed E-state index contributed by atoms with van der Waals surface area (Å²) in [7, 11) is -3.20. The van der Waals surface area contributed by atoms with Gasteiger partial charge in [-0.05, 0) is 121 Å². The van der Waals surface area contributed by atoms with Gasteiger partial charge in [0.05, 0.1) is 0 Å². The summed E-state index contributed by atoms with van der Waals surface area (Å²) in [6, 6.07) is 88.2. The van der Waals surface area contributed by atoms with Crippen molar-refractivity contribution >= 4 is 84.8 Å². The summed E-state index contributed by atoms with van der Waals surface area (Å²) in [6.07, 6.45) is 7.98. The lowest BCUT2D eigenvalue weighted by atomic mass is 9.82. The molecule has 10 aromatic rings. The molecule has 4 heteroatoms. The van der Waals surface area contributed by atoms with Crippen molar-refractivity contribution in [3.63, 3.8) is 0 Å². The highest BCUT2D eigenvalue weighted by Gasteiger charge is 2.44. The highest BCUT2D eigenvalue weighted by Crippen LogP contribution is 2.50. The van der Waals surface area contributed by atoms with E-state index >= 15 is 0 Å². The van der Waals surface area contributed by atoms with E-state index in [1.807, 2.05) is 11.3 Å². The molecule has 0 atom stereocenters. The highest BCUT2D eigenvalue weighted by atomic mass is 32.1. The van der Waals surface area contributed by atoms with Crippen molar-refractivity contribution in [3.8, 4) is 11.1 Å². The van der Waals surface area contributed by atoms with Crippen LogP contribution >= 0.6 is 11.3 Å². The lowest BCUT2D eigenvalue weighted by Gasteiger charge is -2.39. The SMILES string of the molecule is CC1(C)c2ccccc2-c2cc(N(c3ccccc3)c3ccccc3[Si](c3ccccc3)(c3ccccc3)c3cccc(N(C4=Cc5c(sc6ccccc56)CC=C4)c4ccccc4)c3)ccc21. The first-order chi connectivity index (χ1) is 33.5. The van der Waals surface area contributed by atoms with Gasteiger partial charge < -0.3 is 9.80 Å². The number of thiophene rings is 1. The lowest BCUT2D eigenvalue weighted by molar-refractivity contribution is 0.660. The van der Waals surface area contributed by atoms with E-state index in [4.69, 9.17) is 0 Å². The average Bonchev–Trinajstić information content (AvgIpc) is 3.76. The Morgan fingerprint density at radius 2 is 1.01 bits per heavy atom. The Hall–Kier alpha value is -7.76. The van der Waals surface area contributed by atoms with Crippen LogP contribution in [0, 0.1) is 0 Å². The topological polar surface area (TPSA) is 6.48 Å². The number of fused-ring (bicyclic) bond motifs is 6. The summed E-state index contributed by atoms with van der Waals surface area (Å²) in [6.45, 7) is 4.72. The second kappa shape index (κ2) is 17.1. The minimum absolute atomic E-state index is 0.0936. The van der Waals surface area contributed by atoms with Crippen molar-refractivity contribution in [2.45, 2.75) is 25.7 Å². The Morgan fingerprint density at radius 1 is 0.456 bits per heavy atom. The summed E-state index contributed by atoms with van der Waals surface area (Å²) in [5, 5.41) is 6.57. The van der Waals surface area contributed by atoms with Crippen LogP contribution in [0.4, 0.5) is 28.4 Å². The predicted molar refractivity (Wildman–Crippen MR) is 294 cm³/mol. The number of benzene rings is 9. The Kier molecular flexibility index (Phi) is 10.5. The monoisotopic (exact) mass is 906 g/mol. The van der Waals surface area contributed by atoms with E-state index in [0.717, 1.165) is 34.9 Å². The molecule has 2 nitrogen and oxygen atoms in total. The van der Waals surface area contributed by atoms with Crippen molar-refractivity contribution < 1.29 is 0 Å². The van der Waals surface area contributed by atoms with Crippen molar-refractivity contribution in [1.82, 2.24) is 0 Å². The third-order valence-corrected chi connectivity index (χ3v) is 20.2. The van der Waals surface area contributed by atoms with E-state index in [1.165, 1.54) is 69.2 Å². The number of anilines is 5. The molecule has 1 aromatic heterocycles. The number of allylic oxidation sites excluding steroid dienone is 2. The number of hydrogen-bond donors (Lipinski definition) is 0. The lowest BCUT2D eigenvalue weighted by Crippen LogP contribution is -2.75. The van der Waals surface area contributed by atoms with Gasteiger partial charge >= 0.3 is 0 Å². The summed E-state index contributed by atoms with van der Waals surface area (Å²) < 4.78 is 1.33. The van der Waals surface area contributed by atoms with Crippen LogP contribution in [0.15, 0.2) is 254 Å². The zero-order valence-corrected chi connectivity index (χ0v) is 40.1. The Balaban J connectivity index is 1.12. The highest BCUT2D eigenvalue weighted by molar-refractivity contribution is 7.20. The van der Waals surface area contributed by atoms with Crippen LogP contribution < -0.4 is 30.5 Å². The van der Waals surface area contributed by atoms with Gasteiger partial charge in [-0.2, -0.15) is 0 Å². The maximum atomic E-state index is 2.52. The van der Waals surface area contributed by atoms with Gasteiger partial charge in [-0.3, -0.25) is 0 Å². The molecule has 0 saturated carbocycles.